The van der Waals surface area contributed by atoms with Crippen LogP contribution in [0.2, 0.25) is 0 Å². The van der Waals surface area contributed by atoms with E-state index in [-0.39, 0.29) is 12.4 Å². The fourth-order valence-electron chi connectivity index (χ4n) is 2.76. The van der Waals surface area contributed by atoms with Gasteiger partial charge in [0.25, 0.3) is 0 Å². The molecule has 0 aromatic heterocycles. The third-order valence-electron chi connectivity index (χ3n) is 3.52. The zero-order chi connectivity index (χ0) is 9.10. The Kier molecular flexibility index (Phi) is 4.73. The van der Waals surface area contributed by atoms with Crippen LogP contribution in [0.5, 0.6) is 0 Å². The standard InChI is InChI=1S/C11H20N2.ClH/c12-11-8-4-7-10(13-11)9-5-2-1-3-6-9;/h9-10H,1-8H2,(H2,12,13);1H. The van der Waals surface area contributed by atoms with Crippen molar-refractivity contribution in [2.45, 2.75) is 57.4 Å². The highest BCUT2D eigenvalue weighted by Gasteiger charge is 2.26. The lowest BCUT2D eigenvalue weighted by molar-refractivity contribution is 0.267. The van der Waals surface area contributed by atoms with Gasteiger partial charge in [0.2, 0.25) is 0 Å². The first-order valence-corrected chi connectivity index (χ1v) is 5.70. The van der Waals surface area contributed by atoms with Crippen LogP contribution in [0.3, 0.4) is 0 Å². The summed E-state index contributed by atoms with van der Waals surface area (Å²) >= 11 is 0. The first-order chi connectivity index (χ1) is 6.36. The van der Waals surface area contributed by atoms with Crippen LogP contribution in [0.1, 0.15) is 51.4 Å². The van der Waals surface area contributed by atoms with E-state index in [0.717, 1.165) is 18.2 Å². The van der Waals surface area contributed by atoms with Crippen LogP contribution in [0.25, 0.3) is 0 Å². The second kappa shape index (κ2) is 5.59. The van der Waals surface area contributed by atoms with Gasteiger partial charge in [0.15, 0.2) is 0 Å². The topological polar surface area (TPSA) is 35.9 Å². The average Bonchev–Trinajstić information content (AvgIpc) is 2.19. The summed E-state index contributed by atoms with van der Waals surface area (Å²) in [5, 5.41) is 11.0. The monoisotopic (exact) mass is 216 g/mol. The molecule has 82 valence electrons. The van der Waals surface area contributed by atoms with Gasteiger partial charge in [-0.25, -0.2) is 0 Å². The molecule has 2 N–H and O–H groups in total. The van der Waals surface area contributed by atoms with Crippen molar-refractivity contribution >= 4 is 18.2 Å². The van der Waals surface area contributed by atoms with Crippen molar-refractivity contribution in [2.24, 2.45) is 5.92 Å². The Morgan fingerprint density at radius 3 is 2.36 bits per heavy atom. The lowest BCUT2D eigenvalue weighted by Gasteiger charge is -2.34. The highest BCUT2D eigenvalue weighted by Crippen LogP contribution is 2.29. The van der Waals surface area contributed by atoms with Crippen LogP contribution in [0.15, 0.2) is 0 Å². The predicted octanol–water partition coefficient (Wildman–Crippen LogP) is 3.11. The maximum atomic E-state index is 7.63. The molecule has 2 rings (SSSR count). The Labute approximate surface area is 92.8 Å². The van der Waals surface area contributed by atoms with Crippen LogP contribution in [-0.4, -0.2) is 11.9 Å². The van der Waals surface area contributed by atoms with Crippen molar-refractivity contribution in [3.8, 4) is 0 Å². The number of nitrogens with one attached hydrogen (secondary N) is 2. The third-order valence-corrected chi connectivity index (χ3v) is 3.52. The molecule has 0 spiro atoms. The summed E-state index contributed by atoms with van der Waals surface area (Å²) < 4.78 is 0. The van der Waals surface area contributed by atoms with Gasteiger partial charge in [-0.2, -0.15) is 0 Å². The van der Waals surface area contributed by atoms with Gasteiger partial charge >= 0.3 is 0 Å². The van der Waals surface area contributed by atoms with Gasteiger partial charge in [0, 0.05) is 12.5 Å². The van der Waals surface area contributed by atoms with E-state index >= 15 is 0 Å². The second-order valence-electron chi connectivity index (χ2n) is 4.52. The van der Waals surface area contributed by atoms with Crippen LogP contribution in [0.4, 0.5) is 0 Å². The maximum Gasteiger partial charge on any atom is 0.0933 e. The van der Waals surface area contributed by atoms with E-state index < -0.39 is 0 Å². The summed E-state index contributed by atoms with van der Waals surface area (Å²) in [5.41, 5.74) is 0. The van der Waals surface area contributed by atoms with Crippen LogP contribution in [-0.2, 0) is 0 Å². The van der Waals surface area contributed by atoms with E-state index in [2.05, 4.69) is 5.32 Å². The quantitative estimate of drug-likeness (QED) is 0.694. The molecule has 2 nitrogen and oxygen atoms in total. The molecule has 1 aliphatic carbocycles. The van der Waals surface area contributed by atoms with E-state index in [1.54, 1.807) is 0 Å². The van der Waals surface area contributed by atoms with Gasteiger partial charge in [0.05, 0.1) is 5.84 Å². The third kappa shape index (κ3) is 2.88. The number of piperidine rings is 1. The van der Waals surface area contributed by atoms with Crippen molar-refractivity contribution in [2.75, 3.05) is 0 Å². The van der Waals surface area contributed by atoms with E-state index in [0.29, 0.717) is 6.04 Å². The first kappa shape index (κ1) is 11.8. The molecule has 3 heteroatoms. The predicted molar refractivity (Wildman–Crippen MR) is 62.3 cm³/mol. The Morgan fingerprint density at radius 2 is 1.71 bits per heavy atom. The molecule has 2 aliphatic rings. The van der Waals surface area contributed by atoms with Crippen LogP contribution < -0.4 is 5.32 Å². The Hall–Kier alpha value is -0.240. The van der Waals surface area contributed by atoms with Crippen LogP contribution in [0, 0.1) is 11.3 Å². The molecule has 14 heavy (non-hydrogen) atoms. The Bertz CT molecular complexity index is 188. The van der Waals surface area contributed by atoms with E-state index in [9.17, 15) is 0 Å². The summed E-state index contributed by atoms with van der Waals surface area (Å²) in [5.74, 6) is 1.65. The molecule has 0 amide bonds. The number of rotatable bonds is 1. The molecule has 1 unspecified atom stereocenters. The highest BCUT2D eigenvalue weighted by atomic mass is 35.5. The molecule has 1 saturated carbocycles. The maximum absolute atomic E-state index is 7.63. The van der Waals surface area contributed by atoms with Crippen molar-refractivity contribution in [1.29, 1.82) is 5.41 Å². The number of halogens is 1. The normalized spacial score (nSPS) is 29.1. The van der Waals surface area contributed by atoms with Gasteiger partial charge in [-0.15, -0.1) is 12.4 Å². The first-order valence-electron chi connectivity index (χ1n) is 5.70. The van der Waals surface area contributed by atoms with Crippen molar-refractivity contribution in [1.82, 2.24) is 5.32 Å². The van der Waals surface area contributed by atoms with Crippen molar-refractivity contribution in [3.63, 3.8) is 0 Å². The van der Waals surface area contributed by atoms with Gasteiger partial charge in [-0.3, -0.25) is 5.41 Å². The number of hydrogen-bond acceptors (Lipinski definition) is 1. The molecule has 1 aliphatic heterocycles. The molecule has 1 atom stereocenters. The lowest BCUT2D eigenvalue weighted by atomic mass is 9.81. The molecular formula is C11H21ClN2. The zero-order valence-corrected chi connectivity index (χ0v) is 9.54. The molecule has 2 fully saturated rings. The lowest BCUT2D eigenvalue weighted by Crippen LogP contribution is -2.43. The summed E-state index contributed by atoms with van der Waals surface area (Å²) in [6, 6.07) is 0.640. The van der Waals surface area contributed by atoms with Crippen LogP contribution >= 0.6 is 12.4 Å². The summed E-state index contributed by atoms with van der Waals surface area (Å²) in [4.78, 5) is 0. The minimum Gasteiger partial charge on any atom is -0.371 e. The Morgan fingerprint density at radius 1 is 1.00 bits per heavy atom. The fraction of sp³-hybridized carbons (Fsp3) is 0.909. The van der Waals surface area contributed by atoms with E-state index in [1.165, 1.54) is 44.9 Å². The van der Waals surface area contributed by atoms with Crippen molar-refractivity contribution in [3.05, 3.63) is 0 Å². The number of amidine groups is 1. The van der Waals surface area contributed by atoms with Gasteiger partial charge < -0.3 is 5.32 Å². The second-order valence-corrected chi connectivity index (χ2v) is 4.52. The molecule has 0 bridgehead atoms. The zero-order valence-electron chi connectivity index (χ0n) is 8.72. The molecule has 1 saturated heterocycles. The van der Waals surface area contributed by atoms with Gasteiger partial charge in [0.1, 0.15) is 0 Å². The summed E-state index contributed by atoms with van der Waals surface area (Å²) in [6.07, 6.45) is 10.5. The largest absolute Gasteiger partial charge is 0.371 e. The average molecular weight is 217 g/mol. The van der Waals surface area contributed by atoms with Gasteiger partial charge in [-0.05, 0) is 31.6 Å². The summed E-state index contributed by atoms with van der Waals surface area (Å²) in [7, 11) is 0. The smallest absolute Gasteiger partial charge is 0.0933 e. The minimum atomic E-state index is 0. The highest BCUT2D eigenvalue weighted by molar-refractivity contribution is 5.85. The number of hydrogen-bond donors (Lipinski definition) is 2. The molecule has 1 heterocycles. The molecule has 0 radical (unpaired) electrons. The van der Waals surface area contributed by atoms with E-state index in [1.807, 2.05) is 0 Å². The SMILES string of the molecule is Cl.N=C1CCCC(C2CCCCC2)N1. The molecular weight excluding hydrogens is 196 g/mol. The Balaban J connectivity index is 0.000000980. The van der Waals surface area contributed by atoms with Gasteiger partial charge in [-0.1, -0.05) is 19.3 Å². The van der Waals surface area contributed by atoms with Crippen molar-refractivity contribution < 1.29 is 0 Å². The molecule has 0 aromatic rings. The molecule has 0 aromatic carbocycles. The van der Waals surface area contributed by atoms with E-state index in [4.69, 9.17) is 5.41 Å². The minimum absolute atomic E-state index is 0. The summed E-state index contributed by atoms with van der Waals surface area (Å²) in [6.45, 7) is 0. The fourth-order valence-corrected chi connectivity index (χ4v) is 2.76.